The summed E-state index contributed by atoms with van der Waals surface area (Å²) in [5.74, 6) is -0.768. The van der Waals surface area contributed by atoms with Crippen LogP contribution < -0.4 is 5.32 Å². The summed E-state index contributed by atoms with van der Waals surface area (Å²) in [5.41, 5.74) is 4.08. The lowest BCUT2D eigenvalue weighted by molar-refractivity contribution is -0.116. The van der Waals surface area contributed by atoms with Crippen LogP contribution in [0.25, 0.3) is 0 Å². The molecule has 0 atom stereocenters. The summed E-state index contributed by atoms with van der Waals surface area (Å²) in [7, 11) is -2.26. The van der Waals surface area contributed by atoms with E-state index >= 15 is 0 Å². The van der Waals surface area contributed by atoms with Gasteiger partial charge in [0.1, 0.15) is 0 Å². The second kappa shape index (κ2) is 9.79. The number of aryl methyl sites for hydroxylation is 1. The summed E-state index contributed by atoms with van der Waals surface area (Å²) in [6.07, 6.45) is 0.646. The van der Waals surface area contributed by atoms with Gasteiger partial charge in [-0.15, -0.1) is 0 Å². The van der Waals surface area contributed by atoms with Gasteiger partial charge in [-0.2, -0.15) is 4.31 Å². The van der Waals surface area contributed by atoms with E-state index in [0.717, 1.165) is 16.7 Å². The molecule has 34 heavy (non-hydrogen) atoms. The molecule has 0 saturated heterocycles. The van der Waals surface area contributed by atoms with Crippen molar-refractivity contribution in [2.24, 2.45) is 0 Å². The number of rotatable bonds is 6. The molecular weight excluding hydrogens is 450 g/mol. The van der Waals surface area contributed by atoms with Crippen LogP contribution >= 0.6 is 0 Å². The van der Waals surface area contributed by atoms with Crippen molar-refractivity contribution in [1.82, 2.24) is 9.21 Å². The normalized spacial score (nSPS) is 13.7. The van der Waals surface area contributed by atoms with Crippen LogP contribution in [-0.4, -0.2) is 49.6 Å². The van der Waals surface area contributed by atoms with Crippen molar-refractivity contribution in [1.29, 1.82) is 0 Å². The summed E-state index contributed by atoms with van der Waals surface area (Å²) < 4.78 is 28.0. The van der Waals surface area contributed by atoms with E-state index in [0.29, 0.717) is 25.2 Å². The standard InChI is InChI=1S/C26H27N3O4S/c1-19-10-12-23(13-11-19)27-25(30)18-28(2)26(31)21-8-5-9-24(16-21)34(32,33)29-15-14-20-6-3-4-7-22(20)17-29/h3-13,16H,14-15,17-18H2,1-2H3,(H,27,30). The van der Waals surface area contributed by atoms with Gasteiger partial charge in [-0.25, -0.2) is 8.42 Å². The molecule has 7 nitrogen and oxygen atoms in total. The molecule has 3 aromatic carbocycles. The third-order valence-corrected chi connectivity index (χ3v) is 7.72. The van der Waals surface area contributed by atoms with Crippen molar-refractivity contribution in [3.63, 3.8) is 0 Å². The molecule has 1 heterocycles. The Morgan fingerprint density at radius 3 is 2.41 bits per heavy atom. The molecule has 0 aliphatic carbocycles. The minimum Gasteiger partial charge on any atom is -0.332 e. The summed E-state index contributed by atoms with van der Waals surface area (Å²) in [6.45, 7) is 2.48. The molecule has 0 unspecified atom stereocenters. The number of nitrogens with one attached hydrogen (secondary N) is 1. The molecule has 8 heteroatoms. The molecule has 1 aliphatic rings. The van der Waals surface area contributed by atoms with Gasteiger partial charge < -0.3 is 10.2 Å². The topological polar surface area (TPSA) is 86.8 Å². The second-order valence-electron chi connectivity index (χ2n) is 8.46. The summed E-state index contributed by atoms with van der Waals surface area (Å²) in [4.78, 5) is 26.6. The SMILES string of the molecule is Cc1ccc(NC(=O)CN(C)C(=O)c2cccc(S(=O)(=O)N3CCc4ccccc4C3)c2)cc1. The maximum absolute atomic E-state index is 13.3. The molecule has 0 saturated carbocycles. The third kappa shape index (κ3) is 5.18. The Hall–Kier alpha value is -3.49. The van der Waals surface area contributed by atoms with Crippen molar-refractivity contribution in [3.8, 4) is 0 Å². The smallest absolute Gasteiger partial charge is 0.254 e. The fraction of sp³-hybridized carbons (Fsp3) is 0.231. The minimum atomic E-state index is -3.77. The fourth-order valence-electron chi connectivity index (χ4n) is 3.96. The lowest BCUT2D eigenvalue weighted by Crippen LogP contribution is -2.36. The van der Waals surface area contributed by atoms with Gasteiger partial charge >= 0.3 is 0 Å². The van der Waals surface area contributed by atoms with Crippen LogP contribution in [0.3, 0.4) is 0 Å². The van der Waals surface area contributed by atoms with E-state index in [1.165, 1.54) is 28.4 Å². The zero-order valence-corrected chi connectivity index (χ0v) is 20.0. The number of sulfonamides is 1. The number of hydrogen-bond donors (Lipinski definition) is 1. The highest BCUT2D eigenvalue weighted by molar-refractivity contribution is 7.89. The van der Waals surface area contributed by atoms with Crippen LogP contribution in [0.5, 0.6) is 0 Å². The Balaban J connectivity index is 1.45. The molecule has 0 aromatic heterocycles. The first-order chi connectivity index (χ1) is 16.2. The Morgan fingerprint density at radius 2 is 1.68 bits per heavy atom. The predicted molar refractivity (Wildman–Crippen MR) is 131 cm³/mol. The molecule has 1 N–H and O–H groups in total. The number of anilines is 1. The van der Waals surface area contributed by atoms with Crippen molar-refractivity contribution >= 4 is 27.5 Å². The van der Waals surface area contributed by atoms with Gasteiger partial charge in [-0.05, 0) is 54.8 Å². The molecule has 176 valence electrons. The maximum atomic E-state index is 13.3. The first-order valence-electron chi connectivity index (χ1n) is 11.0. The molecule has 0 fully saturated rings. The first-order valence-corrected chi connectivity index (χ1v) is 12.5. The Labute approximate surface area is 200 Å². The number of benzene rings is 3. The molecule has 0 radical (unpaired) electrons. The summed E-state index contributed by atoms with van der Waals surface area (Å²) >= 11 is 0. The van der Waals surface area contributed by atoms with E-state index < -0.39 is 15.9 Å². The highest BCUT2D eigenvalue weighted by Crippen LogP contribution is 2.25. The second-order valence-corrected chi connectivity index (χ2v) is 10.4. The molecule has 0 spiro atoms. The van der Waals surface area contributed by atoms with E-state index in [1.807, 2.05) is 43.3 Å². The molecule has 1 aliphatic heterocycles. The van der Waals surface area contributed by atoms with Crippen molar-refractivity contribution < 1.29 is 18.0 Å². The highest BCUT2D eigenvalue weighted by Gasteiger charge is 2.29. The van der Waals surface area contributed by atoms with Gasteiger partial charge in [0.15, 0.2) is 0 Å². The lowest BCUT2D eigenvalue weighted by Gasteiger charge is -2.28. The van der Waals surface area contributed by atoms with Gasteiger partial charge in [-0.3, -0.25) is 9.59 Å². The van der Waals surface area contributed by atoms with Gasteiger partial charge in [0.05, 0.1) is 11.4 Å². The van der Waals surface area contributed by atoms with Crippen LogP contribution in [0.15, 0.2) is 77.7 Å². The zero-order valence-electron chi connectivity index (χ0n) is 19.2. The van der Waals surface area contributed by atoms with Crippen molar-refractivity contribution in [2.45, 2.75) is 24.8 Å². The van der Waals surface area contributed by atoms with E-state index in [1.54, 1.807) is 24.3 Å². The van der Waals surface area contributed by atoms with E-state index in [2.05, 4.69) is 5.32 Å². The number of nitrogens with zero attached hydrogens (tertiary/aromatic N) is 2. The summed E-state index contributed by atoms with van der Waals surface area (Å²) in [6, 6.07) is 21.2. The number of fused-ring (bicyclic) bond motifs is 1. The molecule has 0 bridgehead atoms. The number of carbonyl (C=O) groups is 2. The fourth-order valence-corrected chi connectivity index (χ4v) is 5.42. The van der Waals surface area contributed by atoms with Crippen LogP contribution in [-0.2, 0) is 27.8 Å². The van der Waals surface area contributed by atoms with Gasteiger partial charge in [-0.1, -0.05) is 48.0 Å². The number of amides is 2. The van der Waals surface area contributed by atoms with Gasteiger partial charge in [0.2, 0.25) is 15.9 Å². The minimum absolute atomic E-state index is 0.0650. The van der Waals surface area contributed by atoms with Crippen LogP contribution in [0.4, 0.5) is 5.69 Å². The van der Waals surface area contributed by atoms with E-state index in [9.17, 15) is 18.0 Å². The van der Waals surface area contributed by atoms with E-state index in [4.69, 9.17) is 0 Å². The molecule has 3 aromatic rings. The average Bonchev–Trinajstić information content (AvgIpc) is 2.84. The van der Waals surface area contributed by atoms with Crippen LogP contribution in [0.2, 0.25) is 0 Å². The highest BCUT2D eigenvalue weighted by atomic mass is 32.2. The predicted octanol–water partition coefficient (Wildman–Crippen LogP) is 3.45. The Morgan fingerprint density at radius 1 is 0.971 bits per heavy atom. The zero-order chi connectivity index (χ0) is 24.3. The van der Waals surface area contributed by atoms with Gasteiger partial charge in [0, 0.05) is 31.4 Å². The Kier molecular flexibility index (Phi) is 6.81. The number of hydrogen-bond acceptors (Lipinski definition) is 4. The Bertz CT molecular complexity index is 1320. The largest absolute Gasteiger partial charge is 0.332 e. The quantitative estimate of drug-likeness (QED) is 0.589. The molecular formula is C26H27N3O4S. The van der Waals surface area contributed by atoms with Crippen molar-refractivity contribution in [3.05, 3.63) is 95.1 Å². The van der Waals surface area contributed by atoms with E-state index in [-0.39, 0.29) is 22.9 Å². The molecule has 2 amide bonds. The monoisotopic (exact) mass is 477 g/mol. The summed E-state index contributed by atoms with van der Waals surface area (Å²) in [5, 5.41) is 2.76. The number of carbonyl (C=O) groups excluding carboxylic acids is 2. The van der Waals surface area contributed by atoms with Crippen molar-refractivity contribution in [2.75, 3.05) is 25.5 Å². The average molecular weight is 478 g/mol. The van der Waals surface area contributed by atoms with Gasteiger partial charge in [0.25, 0.3) is 5.91 Å². The maximum Gasteiger partial charge on any atom is 0.254 e. The lowest BCUT2D eigenvalue weighted by atomic mass is 10.0. The first kappa shape index (κ1) is 23.7. The number of likely N-dealkylation sites (N-methyl/N-ethyl adjacent to an activating group) is 1. The van der Waals surface area contributed by atoms with Crippen LogP contribution in [0.1, 0.15) is 27.0 Å². The molecule has 4 rings (SSSR count). The third-order valence-electron chi connectivity index (χ3n) is 5.88. The van der Waals surface area contributed by atoms with Crippen LogP contribution in [0, 0.1) is 6.92 Å².